The highest BCUT2D eigenvalue weighted by molar-refractivity contribution is 6.05. The van der Waals surface area contributed by atoms with Crippen LogP contribution in [0.4, 0.5) is 13.2 Å². The van der Waals surface area contributed by atoms with Crippen molar-refractivity contribution in [3.8, 4) is 0 Å². The predicted molar refractivity (Wildman–Crippen MR) is 116 cm³/mol. The molecule has 6 atom stereocenters. The smallest absolute Gasteiger partial charge is 0.294 e. The molecule has 0 aromatic heterocycles. The summed E-state index contributed by atoms with van der Waals surface area (Å²) < 4.78 is 38.6. The zero-order valence-corrected chi connectivity index (χ0v) is 18.6. The molecular formula is C27H33F3O. The molecule has 1 aromatic rings. The van der Waals surface area contributed by atoms with E-state index >= 15 is 0 Å². The molecule has 4 aliphatic carbocycles. The number of alkyl halides is 3. The molecule has 5 unspecified atom stereocenters. The van der Waals surface area contributed by atoms with Gasteiger partial charge in [-0.25, -0.2) is 0 Å². The van der Waals surface area contributed by atoms with Crippen molar-refractivity contribution < 1.29 is 18.0 Å². The zero-order valence-electron chi connectivity index (χ0n) is 18.6. The normalized spacial score (nSPS) is 41.6. The number of benzene rings is 1. The molecule has 0 aliphatic heterocycles. The van der Waals surface area contributed by atoms with Gasteiger partial charge in [0.15, 0.2) is 5.78 Å². The van der Waals surface area contributed by atoms with Gasteiger partial charge in [0.25, 0.3) is 0 Å². The van der Waals surface area contributed by atoms with Gasteiger partial charge >= 0.3 is 6.18 Å². The number of halogens is 3. The Bertz CT molecular complexity index is 898. The molecular weight excluding hydrogens is 397 g/mol. The Morgan fingerprint density at radius 3 is 2.39 bits per heavy atom. The second-order valence-corrected chi connectivity index (χ2v) is 11.2. The molecule has 4 aliphatic rings. The second-order valence-electron chi connectivity index (χ2n) is 11.2. The van der Waals surface area contributed by atoms with Crippen LogP contribution in [0.2, 0.25) is 0 Å². The van der Waals surface area contributed by atoms with E-state index in [1.54, 1.807) is 0 Å². The molecule has 5 rings (SSSR count). The van der Waals surface area contributed by atoms with Crippen LogP contribution in [0.1, 0.15) is 82.8 Å². The fourth-order valence-corrected chi connectivity index (χ4v) is 8.06. The van der Waals surface area contributed by atoms with Crippen molar-refractivity contribution in [2.45, 2.75) is 77.8 Å². The van der Waals surface area contributed by atoms with Gasteiger partial charge in [0.2, 0.25) is 0 Å². The first-order chi connectivity index (χ1) is 14.6. The summed E-state index contributed by atoms with van der Waals surface area (Å²) in [6.45, 7) is 4.70. The molecule has 4 saturated carbocycles. The van der Waals surface area contributed by atoms with Crippen LogP contribution >= 0.6 is 0 Å². The van der Waals surface area contributed by atoms with E-state index in [2.05, 4.69) is 13.8 Å². The molecule has 0 N–H and O–H groups in total. The summed E-state index contributed by atoms with van der Waals surface area (Å²) >= 11 is 0. The predicted octanol–water partition coefficient (Wildman–Crippen LogP) is 7.70. The van der Waals surface area contributed by atoms with Crippen LogP contribution in [0.25, 0.3) is 6.08 Å². The van der Waals surface area contributed by atoms with E-state index in [0.29, 0.717) is 22.8 Å². The Balaban J connectivity index is 1.42. The number of rotatable bonds is 1. The lowest BCUT2D eigenvalue weighted by Gasteiger charge is -2.59. The monoisotopic (exact) mass is 430 g/mol. The van der Waals surface area contributed by atoms with Crippen LogP contribution in [0.5, 0.6) is 0 Å². The number of allylic oxidation sites excluding steroid dienone is 1. The minimum Gasteiger partial charge on any atom is -0.294 e. The average molecular weight is 431 g/mol. The fraction of sp³-hybridized carbons (Fsp3) is 0.667. The summed E-state index contributed by atoms with van der Waals surface area (Å²) in [4.78, 5) is 13.5. The lowest BCUT2D eigenvalue weighted by atomic mass is 9.45. The first-order valence-corrected chi connectivity index (χ1v) is 12.1. The second kappa shape index (κ2) is 7.22. The fourth-order valence-electron chi connectivity index (χ4n) is 8.06. The Morgan fingerprint density at radius 2 is 1.68 bits per heavy atom. The third-order valence-electron chi connectivity index (χ3n) is 9.80. The largest absolute Gasteiger partial charge is 0.416 e. The van der Waals surface area contributed by atoms with E-state index in [1.165, 1.54) is 50.7 Å². The minimum absolute atomic E-state index is 0.242. The van der Waals surface area contributed by atoms with E-state index in [4.69, 9.17) is 0 Å². The van der Waals surface area contributed by atoms with Crippen LogP contribution in [0, 0.1) is 34.5 Å². The number of Topliss-reactive ketones (excluding diaryl/α,β-unsaturated/α-hetero) is 1. The number of hydrogen-bond acceptors (Lipinski definition) is 1. The van der Waals surface area contributed by atoms with Crippen LogP contribution in [0.15, 0.2) is 29.8 Å². The van der Waals surface area contributed by atoms with Crippen LogP contribution < -0.4 is 0 Å². The van der Waals surface area contributed by atoms with E-state index < -0.39 is 11.7 Å². The van der Waals surface area contributed by atoms with Gasteiger partial charge in [0.05, 0.1) is 5.56 Å². The van der Waals surface area contributed by atoms with Crippen LogP contribution in [-0.2, 0) is 11.0 Å². The number of hydrogen-bond donors (Lipinski definition) is 0. The van der Waals surface area contributed by atoms with E-state index in [9.17, 15) is 18.0 Å². The van der Waals surface area contributed by atoms with Crippen molar-refractivity contribution in [2.75, 3.05) is 0 Å². The first-order valence-electron chi connectivity index (χ1n) is 12.1. The zero-order chi connectivity index (χ0) is 22.0. The standard InChI is InChI=1S/C27H33F3O/c1-25-13-4-3-5-19(25)10-11-21-22(25)12-14-26(2)23(21)16-18(24(26)31)15-17-6-8-20(9-7-17)27(28,29)30/h6-9,15,19,21-23H,3-5,10-14,16H2,1-2H3/b18-15+/t19-,21?,22?,23?,25?,26?/m0/s1. The van der Waals surface area contributed by atoms with E-state index in [1.807, 2.05) is 6.08 Å². The lowest BCUT2D eigenvalue weighted by Crippen LogP contribution is -2.52. The summed E-state index contributed by atoms with van der Waals surface area (Å²) in [7, 11) is 0. The first kappa shape index (κ1) is 21.3. The van der Waals surface area contributed by atoms with Crippen LogP contribution in [-0.4, -0.2) is 5.78 Å². The minimum atomic E-state index is -4.33. The molecule has 1 nitrogen and oxygen atoms in total. The maximum Gasteiger partial charge on any atom is 0.416 e. The van der Waals surface area contributed by atoms with Gasteiger partial charge in [0, 0.05) is 5.41 Å². The van der Waals surface area contributed by atoms with Crippen molar-refractivity contribution in [1.82, 2.24) is 0 Å². The van der Waals surface area contributed by atoms with Gasteiger partial charge in [-0.05, 0) is 103 Å². The lowest BCUT2D eigenvalue weighted by molar-refractivity contribution is -0.138. The maximum atomic E-state index is 13.5. The van der Waals surface area contributed by atoms with Crippen molar-refractivity contribution in [3.05, 3.63) is 41.0 Å². The van der Waals surface area contributed by atoms with Gasteiger partial charge in [-0.3, -0.25) is 4.79 Å². The quantitative estimate of drug-likeness (QED) is 0.417. The average Bonchev–Trinajstić information content (AvgIpc) is 2.98. The highest BCUT2D eigenvalue weighted by atomic mass is 19.4. The summed E-state index contributed by atoms with van der Waals surface area (Å²) in [5.74, 6) is 2.82. The molecule has 1 aromatic carbocycles. The van der Waals surface area contributed by atoms with Crippen molar-refractivity contribution in [3.63, 3.8) is 0 Å². The number of carbonyl (C=O) groups excluding carboxylic acids is 1. The Labute approximate surface area is 183 Å². The molecule has 4 heteroatoms. The summed E-state index contributed by atoms with van der Waals surface area (Å²) in [5.41, 5.74) is 1.01. The van der Waals surface area contributed by atoms with Crippen molar-refractivity contribution in [1.29, 1.82) is 0 Å². The van der Waals surface area contributed by atoms with E-state index in [-0.39, 0.29) is 11.2 Å². The number of ketones is 1. The molecule has 4 fully saturated rings. The maximum absolute atomic E-state index is 13.5. The van der Waals surface area contributed by atoms with Crippen molar-refractivity contribution >= 4 is 11.9 Å². The highest BCUT2D eigenvalue weighted by Crippen LogP contribution is 2.66. The molecule has 0 heterocycles. The van der Waals surface area contributed by atoms with Gasteiger partial charge in [0.1, 0.15) is 0 Å². The van der Waals surface area contributed by atoms with Gasteiger partial charge in [-0.15, -0.1) is 0 Å². The van der Waals surface area contributed by atoms with Gasteiger partial charge < -0.3 is 0 Å². The molecule has 0 spiro atoms. The highest BCUT2D eigenvalue weighted by Gasteiger charge is 2.60. The van der Waals surface area contributed by atoms with Gasteiger partial charge in [-0.2, -0.15) is 13.2 Å². The topological polar surface area (TPSA) is 17.1 Å². The van der Waals surface area contributed by atoms with Crippen LogP contribution in [0.3, 0.4) is 0 Å². The Morgan fingerprint density at radius 1 is 0.935 bits per heavy atom. The summed E-state index contributed by atoms with van der Waals surface area (Å²) in [6, 6.07) is 5.21. The van der Waals surface area contributed by atoms with Crippen molar-refractivity contribution in [2.24, 2.45) is 34.5 Å². The summed E-state index contributed by atoms with van der Waals surface area (Å²) in [5, 5.41) is 0. The SMILES string of the molecule is CC12CCC3C(CC[C@@H]4CCCCC34C)C1C/C(=C\c1ccc(C(F)(F)F)cc1)C2=O. The van der Waals surface area contributed by atoms with Gasteiger partial charge in [-0.1, -0.05) is 38.8 Å². The molecule has 0 saturated heterocycles. The molecule has 0 radical (unpaired) electrons. The Kier molecular flexibility index (Phi) is 4.95. The summed E-state index contributed by atoms with van der Waals surface area (Å²) in [6.07, 6.45) is 8.40. The molecule has 0 bridgehead atoms. The molecule has 31 heavy (non-hydrogen) atoms. The number of fused-ring (bicyclic) bond motifs is 5. The third kappa shape index (κ3) is 3.31. The third-order valence-corrected chi connectivity index (χ3v) is 9.80. The number of carbonyl (C=O) groups is 1. The Hall–Kier alpha value is -1.58. The molecule has 0 amide bonds. The molecule has 168 valence electrons. The van der Waals surface area contributed by atoms with E-state index in [0.717, 1.165) is 48.8 Å².